The van der Waals surface area contributed by atoms with Crippen molar-refractivity contribution in [3.05, 3.63) is 27.7 Å². The molecule has 0 unspecified atom stereocenters. The van der Waals surface area contributed by atoms with Gasteiger partial charge in [0.1, 0.15) is 0 Å². The first-order valence-electron chi connectivity index (χ1n) is 5.10. The molecule has 0 saturated heterocycles. The zero-order valence-corrected chi connectivity index (χ0v) is 12.3. The lowest BCUT2D eigenvalue weighted by Crippen LogP contribution is -2.17. The molecule has 1 aromatic rings. The fourth-order valence-electron chi connectivity index (χ4n) is 1.23. The third kappa shape index (κ3) is 5.25. The highest BCUT2D eigenvalue weighted by Crippen LogP contribution is 2.26. The molecule has 7 heteroatoms. The van der Waals surface area contributed by atoms with Crippen LogP contribution in [0, 0.1) is 0 Å². The molecule has 0 aliphatic carbocycles. The van der Waals surface area contributed by atoms with Crippen LogP contribution in [0.2, 0.25) is 5.02 Å². The van der Waals surface area contributed by atoms with Gasteiger partial charge in [0.2, 0.25) is 10.0 Å². The number of hydrogen-bond donors (Lipinski definition) is 2. The Hall–Kier alpha value is -0.300. The third-order valence-electron chi connectivity index (χ3n) is 2.06. The van der Waals surface area contributed by atoms with Crippen LogP contribution in [0.15, 0.2) is 22.7 Å². The Bertz CT molecular complexity index is 479. The van der Waals surface area contributed by atoms with Crippen LogP contribution in [0.4, 0.5) is 5.69 Å². The van der Waals surface area contributed by atoms with E-state index in [1.54, 1.807) is 18.2 Å². The van der Waals surface area contributed by atoms with E-state index in [1.165, 1.54) is 0 Å². The van der Waals surface area contributed by atoms with Gasteiger partial charge in [-0.25, -0.2) is 8.42 Å². The summed E-state index contributed by atoms with van der Waals surface area (Å²) in [6.45, 7) is 0.500. The molecule has 0 spiro atoms. The summed E-state index contributed by atoms with van der Waals surface area (Å²) >= 11 is 9.11. The monoisotopic (exact) mass is 340 g/mol. The van der Waals surface area contributed by atoms with E-state index in [0.29, 0.717) is 30.1 Å². The summed E-state index contributed by atoms with van der Waals surface area (Å²) in [5.74, 6) is 0.0673. The number of sulfonamides is 1. The quantitative estimate of drug-likeness (QED) is 0.781. The molecule has 0 amide bonds. The first kappa shape index (κ1) is 14.8. The van der Waals surface area contributed by atoms with Crippen molar-refractivity contribution in [1.82, 2.24) is 0 Å². The summed E-state index contributed by atoms with van der Waals surface area (Å²) < 4.78 is 26.5. The second-order valence-corrected chi connectivity index (χ2v) is 6.65. The number of halogens is 2. The molecule has 0 saturated carbocycles. The lowest BCUT2D eigenvalue weighted by atomic mass is 10.3. The number of hydrogen-bond acceptors (Lipinski definition) is 3. The summed E-state index contributed by atoms with van der Waals surface area (Å²) in [6.07, 6.45) is 1.25. The van der Waals surface area contributed by atoms with E-state index >= 15 is 0 Å². The number of nitrogens with two attached hydrogens (primary N) is 1. The van der Waals surface area contributed by atoms with Gasteiger partial charge >= 0.3 is 0 Å². The van der Waals surface area contributed by atoms with Crippen molar-refractivity contribution in [2.75, 3.05) is 17.0 Å². The summed E-state index contributed by atoms with van der Waals surface area (Å²) in [5.41, 5.74) is 5.77. The fraction of sp³-hybridized carbons (Fsp3) is 0.400. The van der Waals surface area contributed by atoms with Crippen molar-refractivity contribution in [2.45, 2.75) is 12.8 Å². The normalized spacial score (nSPS) is 11.5. The van der Waals surface area contributed by atoms with Crippen LogP contribution in [0.5, 0.6) is 0 Å². The van der Waals surface area contributed by atoms with Crippen molar-refractivity contribution in [2.24, 2.45) is 5.73 Å². The van der Waals surface area contributed by atoms with Crippen LogP contribution in [0.25, 0.3) is 0 Å². The zero-order valence-electron chi connectivity index (χ0n) is 9.12. The van der Waals surface area contributed by atoms with Gasteiger partial charge in [-0.05, 0) is 53.5 Å². The molecule has 0 aliphatic heterocycles. The van der Waals surface area contributed by atoms with Crippen LogP contribution >= 0.6 is 27.5 Å². The molecular weight excluding hydrogens is 328 g/mol. The van der Waals surface area contributed by atoms with Gasteiger partial charge in [0.15, 0.2) is 0 Å². The maximum atomic E-state index is 11.7. The average molecular weight is 342 g/mol. The minimum Gasteiger partial charge on any atom is -0.330 e. The van der Waals surface area contributed by atoms with Gasteiger partial charge in [-0.15, -0.1) is 0 Å². The summed E-state index contributed by atoms with van der Waals surface area (Å²) in [7, 11) is -3.32. The van der Waals surface area contributed by atoms with Gasteiger partial charge in [0, 0.05) is 4.47 Å². The van der Waals surface area contributed by atoms with E-state index in [0.717, 1.165) is 4.47 Å². The summed E-state index contributed by atoms with van der Waals surface area (Å²) in [4.78, 5) is 0. The Morgan fingerprint density at radius 2 is 2.06 bits per heavy atom. The molecule has 17 heavy (non-hydrogen) atoms. The van der Waals surface area contributed by atoms with E-state index in [4.69, 9.17) is 17.3 Å². The number of benzene rings is 1. The fourth-order valence-corrected chi connectivity index (χ4v) is 2.83. The highest BCUT2D eigenvalue weighted by atomic mass is 79.9. The Balaban J connectivity index is 2.66. The van der Waals surface area contributed by atoms with Crippen LogP contribution < -0.4 is 10.5 Å². The Kier molecular flexibility index (Phi) is 5.72. The predicted molar refractivity (Wildman–Crippen MR) is 74.8 cm³/mol. The molecule has 1 aromatic carbocycles. The van der Waals surface area contributed by atoms with E-state index in [2.05, 4.69) is 20.7 Å². The smallest absolute Gasteiger partial charge is 0.232 e. The Morgan fingerprint density at radius 1 is 1.35 bits per heavy atom. The SMILES string of the molecule is NCCCCS(=O)(=O)Nc1ccc(Br)c(Cl)c1. The highest BCUT2D eigenvalue weighted by molar-refractivity contribution is 9.10. The molecule has 0 atom stereocenters. The largest absolute Gasteiger partial charge is 0.330 e. The van der Waals surface area contributed by atoms with E-state index in [1.807, 2.05) is 0 Å². The van der Waals surface area contributed by atoms with Crippen molar-refractivity contribution in [1.29, 1.82) is 0 Å². The van der Waals surface area contributed by atoms with E-state index in [-0.39, 0.29) is 5.75 Å². The van der Waals surface area contributed by atoms with Crippen LogP contribution in [-0.4, -0.2) is 20.7 Å². The van der Waals surface area contributed by atoms with Gasteiger partial charge in [0.25, 0.3) is 0 Å². The minimum atomic E-state index is -3.32. The minimum absolute atomic E-state index is 0.0673. The molecule has 96 valence electrons. The number of unbranched alkanes of at least 4 members (excludes halogenated alkanes) is 1. The van der Waals surface area contributed by atoms with Gasteiger partial charge in [-0.2, -0.15) is 0 Å². The maximum Gasteiger partial charge on any atom is 0.232 e. The Morgan fingerprint density at radius 3 is 2.65 bits per heavy atom. The van der Waals surface area contributed by atoms with E-state index < -0.39 is 10.0 Å². The second kappa shape index (κ2) is 6.58. The first-order chi connectivity index (χ1) is 7.94. The highest BCUT2D eigenvalue weighted by Gasteiger charge is 2.10. The maximum absolute atomic E-state index is 11.7. The number of rotatable bonds is 6. The second-order valence-electron chi connectivity index (χ2n) is 3.55. The van der Waals surface area contributed by atoms with Gasteiger partial charge in [-0.3, -0.25) is 4.72 Å². The zero-order chi connectivity index (χ0) is 12.9. The van der Waals surface area contributed by atoms with Crippen LogP contribution in [-0.2, 0) is 10.0 Å². The molecule has 0 radical (unpaired) electrons. The molecule has 0 bridgehead atoms. The predicted octanol–water partition coefficient (Wildman–Crippen LogP) is 2.58. The molecule has 0 fully saturated rings. The van der Waals surface area contributed by atoms with Crippen molar-refractivity contribution < 1.29 is 8.42 Å². The standard InChI is InChI=1S/C10H14BrClN2O2S/c11-9-4-3-8(7-10(9)12)14-17(15,16)6-2-1-5-13/h3-4,7,14H,1-2,5-6,13H2. The lowest BCUT2D eigenvalue weighted by molar-refractivity contribution is 0.597. The number of nitrogens with one attached hydrogen (secondary N) is 1. The van der Waals surface area contributed by atoms with Crippen LogP contribution in [0.1, 0.15) is 12.8 Å². The molecule has 4 nitrogen and oxygen atoms in total. The van der Waals surface area contributed by atoms with Gasteiger partial charge in [0.05, 0.1) is 16.5 Å². The Labute approximate surface area is 115 Å². The topological polar surface area (TPSA) is 72.2 Å². The van der Waals surface area contributed by atoms with E-state index in [9.17, 15) is 8.42 Å². The molecule has 0 heterocycles. The molecule has 1 rings (SSSR count). The lowest BCUT2D eigenvalue weighted by Gasteiger charge is -2.08. The van der Waals surface area contributed by atoms with Crippen molar-refractivity contribution >= 4 is 43.2 Å². The van der Waals surface area contributed by atoms with Gasteiger partial charge < -0.3 is 5.73 Å². The molecular formula is C10H14BrClN2O2S. The van der Waals surface area contributed by atoms with Gasteiger partial charge in [-0.1, -0.05) is 11.6 Å². The molecule has 0 aromatic heterocycles. The van der Waals surface area contributed by atoms with Crippen LogP contribution in [0.3, 0.4) is 0 Å². The number of anilines is 1. The average Bonchev–Trinajstić information content (AvgIpc) is 2.23. The van der Waals surface area contributed by atoms with Crippen molar-refractivity contribution in [3.63, 3.8) is 0 Å². The third-order valence-corrected chi connectivity index (χ3v) is 4.67. The summed E-state index contributed by atoms with van der Waals surface area (Å²) in [5, 5.41) is 0.465. The molecule has 3 N–H and O–H groups in total. The van der Waals surface area contributed by atoms with Crippen molar-refractivity contribution in [3.8, 4) is 0 Å². The molecule has 0 aliphatic rings. The first-order valence-corrected chi connectivity index (χ1v) is 7.92. The summed E-state index contributed by atoms with van der Waals surface area (Å²) in [6, 6.07) is 4.91.